The third-order valence-electron chi connectivity index (χ3n) is 4.00. The number of aromatic nitrogens is 1. The van der Waals surface area contributed by atoms with E-state index in [2.05, 4.69) is 5.32 Å². The molecule has 0 saturated carbocycles. The van der Waals surface area contributed by atoms with Gasteiger partial charge in [0.1, 0.15) is 6.54 Å². The number of carbonyl (C=O) groups is 1. The van der Waals surface area contributed by atoms with Crippen LogP contribution in [-0.4, -0.2) is 15.4 Å². The van der Waals surface area contributed by atoms with Crippen LogP contribution in [0.3, 0.4) is 0 Å². The molecule has 0 aliphatic rings. The summed E-state index contributed by atoms with van der Waals surface area (Å²) in [5.74, 6) is -0.883. The summed E-state index contributed by atoms with van der Waals surface area (Å²) >= 11 is 1.55. The lowest BCUT2D eigenvalue weighted by molar-refractivity contribution is -0.384. The number of non-ortho nitro benzene ring substituents is 1. The Balaban J connectivity index is 1.84. The molecule has 1 N–H and O–H groups in total. The highest BCUT2D eigenvalue weighted by molar-refractivity contribution is 7.10. The van der Waals surface area contributed by atoms with Gasteiger partial charge in [-0.1, -0.05) is 19.9 Å². The predicted octanol–water partition coefficient (Wildman–Crippen LogP) is 3.08. The molecular formula is C17H17N3O5S. The van der Waals surface area contributed by atoms with Gasteiger partial charge in [0.25, 0.3) is 5.69 Å². The maximum Gasteiger partial charge on any atom is 0.420 e. The second-order valence-corrected chi connectivity index (χ2v) is 7.15. The van der Waals surface area contributed by atoms with Gasteiger partial charge in [-0.25, -0.2) is 4.79 Å². The third-order valence-corrected chi connectivity index (χ3v) is 4.95. The van der Waals surface area contributed by atoms with E-state index in [1.165, 1.54) is 22.8 Å². The number of nitro groups is 1. The zero-order valence-corrected chi connectivity index (χ0v) is 15.0. The average Bonchev–Trinajstić information content (AvgIpc) is 3.20. The topological polar surface area (TPSA) is 107 Å². The van der Waals surface area contributed by atoms with E-state index < -0.39 is 10.7 Å². The first-order valence-electron chi connectivity index (χ1n) is 7.97. The fourth-order valence-electron chi connectivity index (χ4n) is 2.72. The van der Waals surface area contributed by atoms with Crippen LogP contribution >= 0.6 is 11.3 Å². The van der Waals surface area contributed by atoms with Crippen LogP contribution in [0.5, 0.6) is 0 Å². The van der Waals surface area contributed by atoms with Crippen molar-refractivity contribution >= 4 is 34.0 Å². The van der Waals surface area contributed by atoms with Gasteiger partial charge in [0.15, 0.2) is 5.58 Å². The molecule has 0 unspecified atom stereocenters. The Bertz CT molecular complexity index is 1000. The van der Waals surface area contributed by atoms with E-state index >= 15 is 0 Å². The van der Waals surface area contributed by atoms with Gasteiger partial charge in [-0.15, -0.1) is 11.3 Å². The van der Waals surface area contributed by atoms with E-state index in [9.17, 15) is 19.7 Å². The van der Waals surface area contributed by atoms with Gasteiger partial charge in [-0.3, -0.25) is 19.5 Å². The Kier molecular flexibility index (Phi) is 4.90. The number of amides is 1. The molecule has 0 aliphatic heterocycles. The molecule has 2 aromatic heterocycles. The Hall–Kier alpha value is -2.94. The minimum absolute atomic E-state index is 0.0793. The zero-order valence-electron chi connectivity index (χ0n) is 14.2. The highest BCUT2D eigenvalue weighted by Crippen LogP contribution is 2.26. The van der Waals surface area contributed by atoms with Gasteiger partial charge < -0.3 is 9.73 Å². The van der Waals surface area contributed by atoms with Crippen LogP contribution in [0.25, 0.3) is 11.1 Å². The molecule has 0 spiro atoms. The van der Waals surface area contributed by atoms with Gasteiger partial charge in [0.05, 0.1) is 22.5 Å². The summed E-state index contributed by atoms with van der Waals surface area (Å²) in [5, 5.41) is 15.7. The molecule has 3 rings (SSSR count). The molecule has 1 atom stereocenters. The second-order valence-electron chi connectivity index (χ2n) is 6.17. The van der Waals surface area contributed by atoms with Crippen molar-refractivity contribution in [1.29, 1.82) is 0 Å². The monoisotopic (exact) mass is 375 g/mol. The van der Waals surface area contributed by atoms with Crippen LogP contribution in [0.4, 0.5) is 5.69 Å². The molecule has 0 saturated heterocycles. The number of hydrogen-bond donors (Lipinski definition) is 1. The first kappa shape index (κ1) is 17.9. The molecule has 8 nitrogen and oxygen atoms in total. The lowest BCUT2D eigenvalue weighted by atomic mass is 10.0. The summed E-state index contributed by atoms with van der Waals surface area (Å²) in [4.78, 5) is 35.8. The molecular weight excluding hydrogens is 358 g/mol. The standard InChI is InChI=1S/C17H17N3O5S/c1-10(2)16(14-4-3-7-26-14)18-15(21)9-19-12-6-5-11(20(23)24)8-13(12)25-17(19)22/h3-8,10,16H,9H2,1-2H3,(H,18,21)/t16-/m1/s1. The molecule has 0 aliphatic carbocycles. The van der Waals surface area contributed by atoms with Crippen molar-refractivity contribution in [3.63, 3.8) is 0 Å². The summed E-state index contributed by atoms with van der Waals surface area (Å²) < 4.78 is 6.21. The Morgan fingerprint density at radius 3 is 2.77 bits per heavy atom. The van der Waals surface area contributed by atoms with E-state index in [-0.39, 0.29) is 35.7 Å². The Morgan fingerprint density at radius 1 is 1.38 bits per heavy atom. The molecule has 0 bridgehead atoms. The van der Waals surface area contributed by atoms with E-state index in [1.807, 2.05) is 31.4 Å². The van der Waals surface area contributed by atoms with Crippen molar-refractivity contribution in [1.82, 2.24) is 9.88 Å². The van der Waals surface area contributed by atoms with E-state index in [4.69, 9.17) is 4.42 Å². The Morgan fingerprint density at radius 2 is 2.15 bits per heavy atom. The number of benzene rings is 1. The summed E-state index contributed by atoms with van der Waals surface area (Å²) in [6, 6.07) is 7.57. The van der Waals surface area contributed by atoms with E-state index in [0.29, 0.717) is 5.52 Å². The SMILES string of the molecule is CC(C)[C@@H](NC(=O)Cn1c(=O)oc2cc([N+](=O)[O-])ccc21)c1cccs1. The number of nitro benzene ring substituents is 1. The number of rotatable bonds is 6. The number of oxazole rings is 1. The molecule has 1 aromatic carbocycles. The summed E-state index contributed by atoms with van der Waals surface area (Å²) in [6.07, 6.45) is 0. The van der Waals surface area contributed by atoms with Crippen LogP contribution in [0.1, 0.15) is 24.8 Å². The fourth-order valence-corrected chi connectivity index (χ4v) is 3.66. The van der Waals surface area contributed by atoms with Crippen molar-refractivity contribution in [3.8, 4) is 0 Å². The smallest absolute Gasteiger partial charge is 0.407 e. The van der Waals surface area contributed by atoms with Crippen LogP contribution < -0.4 is 11.1 Å². The van der Waals surface area contributed by atoms with Crippen LogP contribution in [-0.2, 0) is 11.3 Å². The van der Waals surface area contributed by atoms with Crippen LogP contribution in [0, 0.1) is 16.0 Å². The van der Waals surface area contributed by atoms with Gasteiger partial charge in [-0.05, 0) is 23.4 Å². The molecule has 26 heavy (non-hydrogen) atoms. The largest absolute Gasteiger partial charge is 0.420 e. The lowest BCUT2D eigenvalue weighted by Gasteiger charge is -2.21. The maximum absolute atomic E-state index is 12.5. The van der Waals surface area contributed by atoms with E-state index in [1.54, 1.807) is 11.3 Å². The van der Waals surface area contributed by atoms with Crippen molar-refractivity contribution < 1.29 is 14.1 Å². The van der Waals surface area contributed by atoms with Crippen molar-refractivity contribution in [2.75, 3.05) is 0 Å². The normalized spacial score (nSPS) is 12.4. The molecule has 136 valence electrons. The minimum Gasteiger partial charge on any atom is -0.407 e. The van der Waals surface area contributed by atoms with Crippen molar-refractivity contribution in [2.24, 2.45) is 5.92 Å². The maximum atomic E-state index is 12.5. The number of hydrogen-bond acceptors (Lipinski definition) is 6. The molecule has 2 heterocycles. The zero-order chi connectivity index (χ0) is 18.8. The fraction of sp³-hybridized carbons (Fsp3) is 0.294. The number of thiophene rings is 1. The summed E-state index contributed by atoms with van der Waals surface area (Å²) in [6.45, 7) is 3.78. The average molecular weight is 375 g/mol. The number of nitrogens with one attached hydrogen (secondary N) is 1. The minimum atomic E-state index is -0.729. The first-order chi connectivity index (χ1) is 12.4. The molecule has 0 fully saturated rings. The lowest BCUT2D eigenvalue weighted by Crippen LogP contribution is -2.35. The Labute approximate surface area is 152 Å². The summed E-state index contributed by atoms with van der Waals surface area (Å²) in [7, 11) is 0. The van der Waals surface area contributed by atoms with Crippen molar-refractivity contribution in [3.05, 3.63) is 61.3 Å². The highest BCUT2D eigenvalue weighted by Gasteiger charge is 2.21. The number of nitrogens with zero attached hydrogens (tertiary/aromatic N) is 2. The van der Waals surface area contributed by atoms with Crippen LogP contribution in [0.2, 0.25) is 0 Å². The quantitative estimate of drug-likeness (QED) is 0.526. The summed E-state index contributed by atoms with van der Waals surface area (Å²) in [5.41, 5.74) is 0.240. The molecule has 1 amide bonds. The predicted molar refractivity (Wildman–Crippen MR) is 97.2 cm³/mol. The highest BCUT2D eigenvalue weighted by atomic mass is 32.1. The molecule has 9 heteroatoms. The van der Waals surface area contributed by atoms with Gasteiger partial charge in [-0.2, -0.15) is 0 Å². The van der Waals surface area contributed by atoms with E-state index in [0.717, 1.165) is 4.88 Å². The van der Waals surface area contributed by atoms with Crippen LogP contribution in [0.15, 0.2) is 44.9 Å². The number of carbonyl (C=O) groups excluding carboxylic acids is 1. The van der Waals surface area contributed by atoms with Gasteiger partial charge >= 0.3 is 5.76 Å². The second kappa shape index (κ2) is 7.12. The molecule has 3 aromatic rings. The van der Waals surface area contributed by atoms with Gasteiger partial charge in [0, 0.05) is 10.9 Å². The third kappa shape index (κ3) is 3.52. The number of fused-ring (bicyclic) bond motifs is 1. The van der Waals surface area contributed by atoms with Crippen molar-refractivity contribution in [2.45, 2.75) is 26.4 Å². The molecule has 0 radical (unpaired) electrons. The van der Waals surface area contributed by atoms with Gasteiger partial charge in [0.2, 0.25) is 5.91 Å². The first-order valence-corrected chi connectivity index (χ1v) is 8.85.